The van der Waals surface area contributed by atoms with Crippen LogP contribution in [0, 0.1) is 0 Å². The summed E-state index contributed by atoms with van der Waals surface area (Å²) in [5.41, 5.74) is 6.63. The van der Waals surface area contributed by atoms with Crippen molar-refractivity contribution in [3.05, 3.63) is 60.2 Å². The van der Waals surface area contributed by atoms with Gasteiger partial charge >= 0.3 is 6.03 Å². The number of rotatable bonds is 8. The van der Waals surface area contributed by atoms with Gasteiger partial charge in [-0.15, -0.1) is 0 Å². The van der Waals surface area contributed by atoms with Crippen molar-refractivity contribution >= 4 is 17.6 Å². The molecule has 1 atom stereocenters. The summed E-state index contributed by atoms with van der Waals surface area (Å²) in [5.74, 6) is 0.782. The zero-order valence-electron chi connectivity index (χ0n) is 14.2. The molecular weight excluding hydrogens is 318 g/mol. The number of nitrogens with two attached hydrogens (primary N) is 1. The average Bonchev–Trinajstić information content (AvgIpc) is 2.60. The number of benzene rings is 2. The van der Waals surface area contributed by atoms with Crippen LogP contribution in [0.5, 0.6) is 5.75 Å². The first-order valence-corrected chi connectivity index (χ1v) is 8.18. The molecule has 1 unspecified atom stereocenters. The molecule has 0 spiro atoms. The first-order chi connectivity index (χ1) is 12.0. The lowest BCUT2D eigenvalue weighted by Gasteiger charge is -2.15. The Balaban J connectivity index is 1.71. The van der Waals surface area contributed by atoms with Crippen LogP contribution in [-0.4, -0.2) is 18.5 Å². The van der Waals surface area contributed by atoms with Crippen molar-refractivity contribution in [1.29, 1.82) is 0 Å². The van der Waals surface area contributed by atoms with Gasteiger partial charge in [0.25, 0.3) is 0 Å². The van der Waals surface area contributed by atoms with E-state index in [1.807, 2.05) is 49.4 Å². The van der Waals surface area contributed by atoms with E-state index >= 15 is 0 Å². The molecule has 132 valence electrons. The van der Waals surface area contributed by atoms with E-state index in [0.717, 1.165) is 11.3 Å². The highest BCUT2D eigenvalue weighted by Gasteiger charge is 2.09. The van der Waals surface area contributed by atoms with Crippen molar-refractivity contribution in [3.8, 4) is 5.75 Å². The van der Waals surface area contributed by atoms with E-state index in [2.05, 4.69) is 10.6 Å². The molecule has 6 nitrogen and oxygen atoms in total. The fourth-order valence-electron chi connectivity index (χ4n) is 2.33. The molecule has 0 aliphatic carbocycles. The molecule has 0 aromatic heterocycles. The maximum atomic E-state index is 12.0. The molecule has 0 bridgehead atoms. The van der Waals surface area contributed by atoms with Crippen LogP contribution >= 0.6 is 0 Å². The normalized spacial score (nSPS) is 11.4. The summed E-state index contributed by atoms with van der Waals surface area (Å²) in [5, 5.41) is 5.45. The first-order valence-electron chi connectivity index (χ1n) is 8.18. The van der Waals surface area contributed by atoms with Gasteiger partial charge in [0.2, 0.25) is 5.91 Å². The highest BCUT2D eigenvalue weighted by molar-refractivity contribution is 5.87. The molecule has 0 saturated heterocycles. The highest BCUT2D eigenvalue weighted by Crippen LogP contribution is 2.16. The monoisotopic (exact) mass is 341 g/mol. The molecule has 6 heteroatoms. The Labute approximate surface area is 147 Å². The SMILES string of the molecule is CC(NC(=O)CCCOc1ccccc1)c1ccc(NC(N)=O)cc1. The number of hydrogen-bond donors (Lipinski definition) is 3. The Bertz CT molecular complexity index is 687. The van der Waals surface area contributed by atoms with Crippen LogP contribution in [0.2, 0.25) is 0 Å². The van der Waals surface area contributed by atoms with E-state index in [-0.39, 0.29) is 11.9 Å². The van der Waals surface area contributed by atoms with Gasteiger partial charge in [0.1, 0.15) is 5.75 Å². The zero-order chi connectivity index (χ0) is 18.1. The number of primary amides is 1. The van der Waals surface area contributed by atoms with E-state index in [1.165, 1.54) is 0 Å². The lowest BCUT2D eigenvalue weighted by molar-refractivity contribution is -0.121. The number of anilines is 1. The van der Waals surface area contributed by atoms with Crippen LogP contribution in [0.15, 0.2) is 54.6 Å². The third kappa shape index (κ3) is 6.55. The van der Waals surface area contributed by atoms with Gasteiger partial charge in [-0.3, -0.25) is 4.79 Å². The van der Waals surface area contributed by atoms with E-state index < -0.39 is 6.03 Å². The topological polar surface area (TPSA) is 93.4 Å². The predicted octanol–water partition coefficient (Wildman–Crippen LogP) is 3.21. The van der Waals surface area contributed by atoms with Gasteiger partial charge in [-0.05, 0) is 43.2 Å². The van der Waals surface area contributed by atoms with E-state index in [0.29, 0.717) is 25.1 Å². The van der Waals surface area contributed by atoms with Gasteiger partial charge in [0.05, 0.1) is 12.6 Å². The molecule has 0 saturated carbocycles. The molecule has 0 heterocycles. The zero-order valence-corrected chi connectivity index (χ0v) is 14.2. The van der Waals surface area contributed by atoms with Crippen molar-refractivity contribution < 1.29 is 14.3 Å². The van der Waals surface area contributed by atoms with Crippen molar-refractivity contribution in [2.24, 2.45) is 5.73 Å². The summed E-state index contributed by atoms with van der Waals surface area (Å²) in [6.45, 7) is 2.41. The van der Waals surface area contributed by atoms with Crippen molar-refractivity contribution in [2.45, 2.75) is 25.8 Å². The van der Waals surface area contributed by atoms with Crippen molar-refractivity contribution in [2.75, 3.05) is 11.9 Å². The summed E-state index contributed by atoms with van der Waals surface area (Å²) in [6, 6.07) is 16.0. The molecule has 2 rings (SSSR count). The van der Waals surface area contributed by atoms with Crippen LogP contribution in [0.1, 0.15) is 31.4 Å². The fraction of sp³-hybridized carbons (Fsp3) is 0.263. The molecule has 4 N–H and O–H groups in total. The van der Waals surface area contributed by atoms with Crippen LogP contribution in [0.4, 0.5) is 10.5 Å². The van der Waals surface area contributed by atoms with Gasteiger partial charge in [0, 0.05) is 12.1 Å². The Morgan fingerprint density at radius 3 is 2.40 bits per heavy atom. The Morgan fingerprint density at radius 2 is 1.76 bits per heavy atom. The van der Waals surface area contributed by atoms with Crippen molar-refractivity contribution in [3.63, 3.8) is 0 Å². The number of ether oxygens (including phenoxy) is 1. The lowest BCUT2D eigenvalue weighted by Crippen LogP contribution is -2.26. The van der Waals surface area contributed by atoms with Crippen LogP contribution in [0.25, 0.3) is 0 Å². The molecular formula is C19H23N3O3. The molecule has 0 radical (unpaired) electrons. The molecule has 25 heavy (non-hydrogen) atoms. The molecule has 2 aromatic carbocycles. The number of urea groups is 1. The molecule has 0 aliphatic rings. The van der Waals surface area contributed by atoms with Crippen LogP contribution < -0.4 is 21.1 Å². The van der Waals surface area contributed by atoms with Gasteiger partial charge in [-0.25, -0.2) is 4.79 Å². The summed E-state index contributed by atoms with van der Waals surface area (Å²) in [6.07, 6.45) is 1.05. The second-order valence-electron chi connectivity index (χ2n) is 5.67. The minimum atomic E-state index is -0.605. The maximum Gasteiger partial charge on any atom is 0.316 e. The van der Waals surface area contributed by atoms with Gasteiger partial charge in [-0.2, -0.15) is 0 Å². The fourth-order valence-corrected chi connectivity index (χ4v) is 2.33. The number of para-hydroxylation sites is 1. The molecule has 3 amide bonds. The molecule has 0 fully saturated rings. The van der Waals surface area contributed by atoms with Crippen molar-refractivity contribution in [1.82, 2.24) is 5.32 Å². The number of amides is 3. The summed E-state index contributed by atoms with van der Waals surface area (Å²) in [7, 11) is 0. The van der Waals surface area contributed by atoms with Crippen LogP contribution in [-0.2, 0) is 4.79 Å². The quantitative estimate of drug-likeness (QED) is 0.644. The molecule has 0 aliphatic heterocycles. The van der Waals surface area contributed by atoms with Crippen LogP contribution in [0.3, 0.4) is 0 Å². The summed E-state index contributed by atoms with van der Waals surface area (Å²) >= 11 is 0. The van der Waals surface area contributed by atoms with E-state index in [4.69, 9.17) is 10.5 Å². The van der Waals surface area contributed by atoms with E-state index in [1.54, 1.807) is 12.1 Å². The average molecular weight is 341 g/mol. The Hall–Kier alpha value is -3.02. The summed E-state index contributed by atoms with van der Waals surface area (Å²) < 4.78 is 5.57. The third-order valence-electron chi connectivity index (χ3n) is 3.62. The minimum absolute atomic E-state index is 0.0245. The van der Waals surface area contributed by atoms with E-state index in [9.17, 15) is 9.59 Å². The Kier molecular flexibility index (Phi) is 6.83. The number of carbonyl (C=O) groups is 2. The highest BCUT2D eigenvalue weighted by atomic mass is 16.5. The van der Waals surface area contributed by atoms with Gasteiger partial charge in [0.15, 0.2) is 0 Å². The largest absolute Gasteiger partial charge is 0.494 e. The third-order valence-corrected chi connectivity index (χ3v) is 3.62. The number of carbonyl (C=O) groups excluding carboxylic acids is 2. The smallest absolute Gasteiger partial charge is 0.316 e. The maximum absolute atomic E-state index is 12.0. The number of nitrogens with one attached hydrogen (secondary N) is 2. The lowest BCUT2D eigenvalue weighted by atomic mass is 10.1. The molecule has 2 aromatic rings. The second kappa shape index (κ2) is 9.32. The summed E-state index contributed by atoms with van der Waals surface area (Å²) in [4.78, 5) is 22.8. The minimum Gasteiger partial charge on any atom is -0.494 e. The first kappa shape index (κ1) is 18.3. The Morgan fingerprint density at radius 1 is 1.08 bits per heavy atom. The predicted molar refractivity (Wildman–Crippen MR) is 97.4 cm³/mol. The standard InChI is InChI=1S/C19H23N3O3/c1-14(15-9-11-16(12-10-15)22-19(20)24)21-18(23)8-5-13-25-17-6-3-2-4-7-17/h2-4,6-7,9-12,14H,5,8,13H2,1H3,(H,21,23)(H3,20,22,24). The van der Waals surface area contributed by atoms with Gasteiger partial charge in [-0.1, -0.05) is 30.3 Å². The number of hydrogen-bond acceptors (Lipinski definition) is 3. The second-order valence-corrected chi connectivity index (χ2v) is 5.67. The van der Waals surface area contributed by atoms with Gasteiger partial charge < -0.3 is 21.1 Å².